The van der Waals surface area contributed by atoms with Crippen molar-refractivity contribution >= 4 is 11.8 Å². The Morgan fingerprint density at radius 2 is 2.15 bits per heavy atom. The third kappa shape index (κ3) is 3.40. The van der Waals surface area contributed by atoms with Gasteiger partial charge >= 0.3 is 0 Å². The lowest BCUT2D eigenvalue weighted by atomic mass is 9.95. The van der Waals surface area contributed by atoms with Gasteiger partial charge in [0.2, 0.25) is 5.91 Å². The van der Waals surface area contributed by atoms with Gasteiger partial charge in [-0.05, 0) is 32.3 Å². The summed E-state index contributed by atoms with van der Waals surface area (Å²) in [4.78, 5) is 26.0. The molecule has 1 N–H and O–H groups in total. The predicted molar refractivity (Wildman–Crippen MR) is 75.2 cm³/mol. The highest BCUT2D eigenvalue weighted by atomic mass is 16.3. The van der Waals surface area contributed by atoms with E-state index in [4.69, 9.17) is 4.42 Å². The molecule has 5 heteroatoms. The van der Waals surface area contributed by atoms with E-state index in [-0.39, 0.29) is 23.8 Å². The van der Waals surface area contributed by atoms with Crippen molar-refractivity contribution in [1.29, 1.82) is 0 Å². The number of furan rings is 1. The fourth-order valence-corrected chi connectivity index (χ4v) is 2.38. The Morgan fingerprint density at radius 1 is 1.45 bits per heavy atom. The van der Waals surface area contributed by atoms with E-state index in [9.17, 15) is 9.59 Å². The monoisotopic (exact) mass is 278 g/mol. The summed E-state index contributed by atoms with van der Waals surface area (Å²) in [6, 6.07) is 1.89. The Kier molecular flexibility index (Phi) is 4.82. The van der Waals surface area contributed by atoms with Crippen molar-refractivity contribution in [3.63, 3.8) is 0 Å². The zero-order valence-corrected chi connectivity index (χ0v) is 12.1. The SMILES string of the molecule is CC[C@@H](C)NC(=O)C1CCN(C(=O)c2ccoc2)CC1. The first-order chi connectivity index (χ1) is 9.61. The van der Waals surface area contributed by atoms with Crippen LogP contribution in [0.2, 0.25) is 0 Å². The molecule has 2 amide bonds. The molecule has 0 bridgehead atoms. The number of nitrogens with zero attached hydrogens (tertiary/aromatic N) is 1. The lowest BCUT2D eigenvalue weighted by molar-refractivity contribution is -0.126. The molecule has 0 radical (unpaired) electrons. The highest BCUT2D eigenvalue weighted by Crippen LogP contribution is 2.19. The smallest absolute Gasteiger partial charge is 0.257 e. The van der Waals surface area contributed by atoms with Crippen LogP contribution in [0.15, 0.2) is 23.0 Å². The third-order valence-electron chi connectivity index (χ3n) is 3.92. The van der Waals surface area contributed by atoms with Gasteiger partial charge in [-0.2, -0.15) is 0 Å². The molecular weight excluding hydrogens is 256 g/mol. The molecule has 1 atom stereocenters. The highest BCUT2D eigenvalue weighted by Gasteiger charge is 2.28. The molecule has 2 rings (SSSR count). The quantitative estimate of drug-likeness (QED) is 0.916. The van der Waals surface area contributed by atoms with E-state index in [1.807, 2.05) is 6.92 Å². The summed E-state index contributed by atoms with van der Waals surface area (Å²) in [6.07, 6.45) is 5.35. The van der Waals surface area contributed by atoms with Crippen LogP contribution in [0.4, 0.5) is 0 Å². The van der Waals surface area contributed by atoms with Gasteiger partial charge in [0.1, 0.15) is 6.26 Å². The number of hydrogen-bond donors (Lipinski definition) is 1. The van der Waals surface area contributed by atoms with Crippen LogP contribution in [0.25, 0.3) is 0 Å². The third-order valence-corrected chi connectivity index (χ3v) is 3.92. The van der Waals surface area contributed by atoms with Crippen molar-refractivity contribution in [2.24, 2.45) is 5.92 Å². The summed E-state index contributed by atoms with van der Waals surface area (Å²) >= 11 is 0. The van der Waals surface area contributed by atoms with Crippen LogP contribution >= 0.6 is 0 Å². The maximum Gasteiger partial charge on any atom is 0.257 e. The van der Waals surface area contributed by atoms with E-state index in [0.717, 1.165) is 19.3 Å². The Bertz CT molecular complexity index is 448. The van der Waals surface area contributed by atoms with Gasteiger partial charge in [0.15, 0.2) is 0 Å². The fourth-order valence-electron chi connectivity index (χ4n) is 2.38. The van der Waals surface area contributed by atoms with Crippen LogP contribution in [0.3, 0.4) is 0 Å². The lowest BCUT2D eigenvalue weighted by Gasteiger charge is -2.31. The normalized spacial score (nSPS) is 17.8. The number of carbonyl (C=O) groups is 2. The molecular formula is C15H22N2O3. The fraction of sp³-hybridized carbons (Fsp3) is 0.600. The van der Waals surface area contributed by atoms with Crippen LogP contribution < -0.4 is 5.32 Å². The first kappa shape index (κ1) is 14.6. The van der Waals surface area contributed by atoms with E-state index < -0.39 is 0 Å². The van der Waals surface area contributed by atoms with Crippen LogP contribution in [-0.2, 0) is 4.79 Å². The summed E-state index contributed by atoms with van der Waals surface area (Å²) in [7, 11) is 0. The van der Waals surface area contributed by atoms with Gasteiger partial charge < -0.3 is 14.6 Å². The summed E-state index contributed by atoms with van der Waals surface area (Å²) in [6.45, 7) is 5.32. The minimum Gasteiger partial charge on any atom is -0.472 e. The van der Waals surface area contributed by atoms with Gasteiger partial charge in [0.25, 0.3) is 5.91 Å². The maximum absolute atomic E-state index is 12.1. The second-order valence-electron chi connectivity index (χ2n) is 5.40. The first-order valence-electron chi connectivity index (χ1n) is 7.23. The minimum atomic E-state index is -0.0143. The Labute approximate surface area is 119 Å². The zero-order valence-electron chi connectivity index (χ0n) is 12.1. The lowest BCUT2D eigenvalue weighted by Crippen LogP contribution is -2.44. The van der Waals surface area contributed by atoms with E-state index in [1.165, 1.54) is 12.5 Å². The standard InChI is InChI=1S/C15H22N2O3/c1-3-11(2)16-14(18)12-4-7-17(8-5-12)15(19)13-6-9-20-10-13/h6,9-12H,3-5,7-8H2,1-2H3,(H,16,18)/t11-/m1/s1. The molecule has 0 unspecified atom stereocenters. The average molecular weight is 278 g/mol. The van der Waals surface area contributed by atoms with Crippen LogP contribution in [0.1, 0.15) is 43.5 Å². The molecule has 1 aliphatic rings. The van der Waals surface area contributed by atoms with Gasteiger partial charge in [0.05, 0.1) is 11.8 Å². The second-order valence-corrected chi connectivity index (χ2v) is 5.40. The largest absolute Gasteiger partial charge is 0.472 e. The van der Waals surface area contributed by atoms with Gasteiger partial charge in [0, 0.05) is 25.0 Å². The van der Waals surface area contributed by atoms with Gasteiger partial charge in [-0.3, -0.25) is 9.59 Å². The molecule has 1 saturated heterocycles. The molecule has 20 heavy (non-hydrogen) atoms. The molecule has 0 aromatic carbocycles. The topological polar surface area (TPSA) is 62.6 Å². The Balaban J connectivity index is 1.83. The predicted octanol–water partition coefficient (Wildman–Crippen LogP) is 2.05. The van der Waals surface area contributed by atoms with Gasteiger partial charge in [-0.1, -0.05) is 6.92 Å². The van der Waals surface area contributed by atoms with Crippen LogP contribution in [0, 0.1) is 5.92 Å². The molecule has 1 aliphatic heterocycles. The zero-order chi connectivity index (χ0) is 14.5. The maximum atomic E-state index is 12.1. The first-order valence-corrected chi connectivity index (χ1v) is 7.23. The van der Waals surface area contributed by atoms with Gasteiger partial charge in [-0.25, -0.2) is 0 Å². The number of hydrogen-bond acceptors (Lipinski definition) is 3. The minimum absolute atomic E-state index is 0.0143. The Hall–Kier alpha value is -1.78. The summed E-state index contributed by atoms with van der Waals surface area (Å²) in [5.41, 5.74) is 0.576. The molecule has 1 aromatic heterocycles. The molecule has 1 aromatic rings. The van der Waals surface area contributed by atoms with Crippen molar-refractivity contribution < 1.29 is 14.0 Å². The van der Waals surface area contributed by atoms with Crippen molar-refractivity contribution in [3.8, 4) is 0 Å². The van der Waals surface area contributed by atoms with Crippen LogP contribution in [0.5, 0.6) is 0 Å². The average Bonchev–Trinajstić information content (AvgIpc) is 3.00. The summed E-state index contributed by atoms with van der Waals surface area (Å²) in [5, 5.41) is 3.01. The molecule has 5 nitrogen and oxygen atoms in total. The second kappa shape index (κ2) is 6.59. The van der Waals surface area contributed by atoms with E-state index >= 15 is 0 Å². The molecule has 0 spiro atoms. The molecule has 110 valence electrons. The molecule has 0 saturated carbocycles. The number of rotatable bonds is 4. The molecule has 0 aliphatic carbocycles. The van der Waals surface area contributed by atoms with Crippen molar-refractivity contribution in [1.82, 2.24) is 10.2 Å². The van der Waals surface area contributed by atoms with Gasteiger partial charge in [-0.15, -0.1) is 0 Å². The summed E-state index contributed by atoms with van der Waals surface area (Å²) in [5.74, 6) is 0.131. The van der Waals surface area contributed by atoms with Crippen molar-refractivity contribution in [2.75, 3.05) is 13.1 Å². The number of amides is 2. The number of carbonyl (C=O) groups excluding carboxylic acids is 2. The van der Waals surface area contributed by atoms with E-state index in [2.05, 4.69) is 12.2 Å². The van der Waals surface area contributed by atoms with E-state index in [0.29, 0.717) is 18.7 Å². The highest BCUT2D eigenvalue weighted by molar-refractivity contribution is 5.94. The summed E-state index contributed by atoms with van der Waals surface area (Å²) < 4.78 is 4.93. The van der Waals surface area contributed by atoms with Crippen molar-refractivity contribution in [3.05, 3.63) is 24.2 Å². The number of likely N-dealkylation sites (tertiary alicyclic amines) is 1. The van der Waals surface area contributed by atoms with E-state index in [1.54, 1.807) is 11.0 Å². The molecule has 1 fully saturated rings. The number of piperidine rings is 1. The van der Waals surface area contributed by atoms with Crippen LogP contribution in [-0.4, -0.2) is 35.8 Å². The Morgan fingerprint density at radius 3 is 2.70 bits per heavy atom. The number of nitrogens with one attached hydrogen (secondary N) is 1. The molecule has 2 heterocycles. The van der Waals surface area contributed by atoms with Crippen molar-refractivity contribution in [2.45, 2.75) is 39.2 Å².